The molecule has 9 nitrogen and oxygen atoms in total. The first kappa shape index (κ1) is 28.1. The van der Waals surface area contributed by atoms with Crippen LogP contribution in [0.5, 0.6) is 0 Å². The molecule has 42 heavy (non-hydrogen) atoms. The predicted molar refractivity (Wildman–Crippen MR) is 162 cm³/mol. The molecule has 2 aliphatic heterocycles. The Hall–Kier alpha value is -3.99. The summed E-state index contributed by atoms with van der Waals surface area (Å²) >= 11 is 1.33. The number of aryl methyl sites for hydroxylation is 1. The molecule has 0 unspecified atom stereocenters. The molecule has 4 aromatic rings. The fourth-order valence-corrected chi connectivity index (χ4v) is 6.60. The number of nitrogens with two attached hydrogens (primary N) is 1. The minimum atomic E-state index is -0.597. The summed E-state index contributed by atoms with van der Waals surface area (Å²) in [6.45, 7) is 8.51. The zero-order valence-electron chi connectivity index (χ0n) is 24.3. The average molecular weight is 589 g/mol. The smallest absolute Gasteiger partial charge is 0.410 e. The summed E-state index contributed by atoms with van der Waals surface area (Å²) in [7, 11) is 0. The molecule has 4 heterocycles. The third kappa shape index (κ3) is 4.79. The third-order valence-electron chi connectivity index (χ3n) is 7.92. The van der Waals surface area contributed by atoms with E-state index in [1.165, 1.54) is 11.8 Å². The van der Waals surface area contributed by atoms with Gasteiger partial charge in [-0.3, -0.25) is 9.69 Å². The van der Waals surface area contributed by atoms with Crippen LogP contribution in [0.25, 0.3) is 32.9 Å². The van der Waals surface area contributed by atoms with E-state index in [9.17, 15) is 9.59 Å². The van der Waals surface area contributed by atoms with E-state index in [0.29, 0.717) is 51.7 Å². The second kappa shape index (κ2) is 10.4. The van der Waals surface area contributed by atoms with Gasteiger partial charge >= 0.3 is 6.09 Å². The lowest BCUT2D eigenvalue weighted by molar-refractivity contribution is 0.0122. The number of nitrogens with zero attached hydrogens (tertiary/aromatic N) is 5. The van der Waals surface area contributed by atoms with Crippen LogP contribution in [0.15, 0.2) is 41.6 Å². The van der Waals surface area contributed by atoms with E-state index in [1.54, 1.807) is 18.2 Å². The van der Waals surface area contributed by atoms with E-state index < -0.39 is 17.3 Å². The SMILES string of the molecule is CSc1nc(N2C[C@H]3CC[C@@H](C2)N3C(=O)OC(C)(C)C)c2c(C)nc(-c3cccc4cccc(C(N)=O)c34)c(F)c2n1. The van der Waals surface area contributed by atoms with Gasteiger partial charge in [-0.05, 0) is 58.2 Å². The van der Waals surface area contributed by atoms with Crippen molar-refractivity contribution in [2.75, 3.05) is 24.2 Å². The van der Waals surface area contributed by atoms with Gasteiger partial charge in [0.15, 0.2) is 11.0 Å². The second-order valence-corrected chi connectivity index (χ2v) is 12.6. The highest BCUT2D eigenvalue weighted by atomic mass is 32.2. The lowest BCUT2D eigenvalue weighted by Gasteiger charge is -2.42. The van der Waals surface area contributed by atoms with Crippen molar-refractivity contribution in [1.82, 2.24) is 19.9 Å². The van der Waals surface area contributed by atoms with Crippen LogP contribution < -0.4 is 10.6 Å². The molecule has 2 aromatic carbocycles. The Labute approximate surface area is 247 Å². The second-order valence-electron chi connectivity index (χ2n) is 11.9. The van der Waals surface area contributed by atoms with Crippen LogP contribution in [0.2, 0.25) is 0 Å². The summed E-state index contributed by atoms with van der Waals surface area (Å²) in [6, 6.07) is 10.6. The minimum absolute atomic E-state index is 0.0402. The van der Waals surface area contributed by atoms with Crippen molar-refractivity contribution in [3.63, 3.8) is 0 Å². The molecular weight excluding hydrogens is 555 g/mol. The summed E-state index contributed by atoms with van der Waals surface area (Å²) < 4.78 is 22.3. The molecule has 218 valence electrons. The molecule has 2 atom stereocenters. The standard InChI is InChI=1S/C31H33FN6O3S/c1-16-22-26(24(32)25(34-16)20-10-6-8-17-9-7-11-21(23(17)20)27(33)39)35-29(42-5)36-28(22)37-14-18-12-13-19(15-37)38(18)30(40)41-31(2,3)4/h6-11,18-19H,12-15H2,1-5H3,(H2,33,39)/t18-,19+. The molecule has 2 bridgehead atoms. The third-order valence-corrected chi connectivity index (χ3v) is 8.47. The first-order chi connectivity index (χ1) is 20.0. The quantitative estimate of drug-likeness (QED) is 0.239. The zero-order chi connectivity index (χ0) is 29.9. The Morgan fingerprint density at radius 3 is 2.31 bits per heavy atom. The summed E-state index contributed by atoms with van der Waals surface area (Å²) in [5.41, 5.74) is 6.73. The molecule has 2 N–H and O–H groups in total. The molecule has 2 aromatic heterocycles. The average Bonchev–Trinajstić information content (AvgIpc) is 3.22. The van der Waals surface area contributed by atoms with Gasteiger partial charge in [0.2, 0.25) is 5.91 Å². The molecule has 2 amide bonds. The highest BCUT2D eigenvalue weighted by Gasteiger charge is 2.45. The molecule has 0 spiro atoms. The summed E-state index contributed by atoms with van der Waals surface area (Å²) in [5, 5.41) is 2.28. The van der Waals surface area contributed by atoms with Crippen LogP contribution in [0.1, 0.15) is 49.7 Å². The van der Waals surface area contributed by atoms with E-state index in [0.717, 1.165) is 18.2 Å². The molecule has 11 heteroatoms. The predicted octanol–water partition coefficient (Wildman–Crippen LogP) is 5.70. The van der Waals surface area contributed by atoms with Crippen molar-refractivity contribution >= 4 is 51.3 Å². The fraction of sp³-hybridized carbons (Fsp3) is 0.387. The minimum Gasteiger partial charge on any atom is -0.444 e. The number of amides is 2. The summed E-state index contributed by atoms with van der Waals surface area (Å²) in [6.07, 6.45) is 3.27. The number of benzene rings is 2. The summed E-state index contributed by atoms with van der Waals surface area (Å²) in [4.78, 5) is 43.5. The number of pyridine rings is 1. The highest BCUT2D eigenvalue weighted by molar-refractivity contribution is 7.98. The molecule has 2 fully saturated rings. The zero-order valence-corrected chi connectivity index (χ0v) is 25.1. The number of carbonyl (C=O) groups is 2. The van der Waals surface area contributed by atoms with Crippen LogP contribution >= 0.6 is 11.8 Å². The molecule has 0 saturated carbocycles. The van der Waals surface area contributed by atoms with Crippen LogP contribution in [0.3, 0.4) is 0 Å². The maximum Gasteiger partial charge on any atom is 0.410 e. The maximum absolute atomic E-state index is 16.6. The van der Waals surface area contributed by atoms with E-state index in [2.05, 4.69) is 9.88 Å². The number of aromatic nitrogens is 3. The number of piperazine rings is 1. The van der Waals surface area contributed by atoms with Crippen LogP contribution in [0, 0.1) is 12.7 Å². The van der Waals surface area contributed by atoms with Crippen molar-refractivity contribution in [3.05, 3.63) is 53.5 Å². The van der Waals surface area contributed by atoms with Gasteiger partial charge in [-0.1, -0.05) is 42.1 Å². The number of halogens is 1. The number of ether oxygens (including phenoxy) is 1. The number of thioether (sulfide) groups is 1. The van der Waals surface area contributed by atoms with Gasteiger partial charge in [0, 0.05) is 29.6 Å². The normalized spacial score (nSPS) is 18.6. The Morgan fingerprint density at radius 2 is 1.69 bits per heavy atom. The van der Waals surface area contributed by atoms with Crippen molar-refractivity contribution in [2.24, 2.45) is 5.73 Å². The Bertz CT molecular complexity index is 1740. The van der Waals surface area contributed by atoms with E-state index in [-0.39, 0.29) is 29.4 Å². The highest BCUT2D eigenvalue weighted by Crippen LogP contribution is 2.40. The van der Waals surface area contributed by atoms with Crippen molar-refractivity contribution in [3.8, 4) is 11.3 Å². The van der Waals surface area contributed by atoms with Crippen LogP contribution in [-0.2, 0) is 4.74 Å². The lowest BCUT2D eigenvalue weighted by Crippen LogP contribution is -2.57. The fourth-order valence-electron chi connectivity index (χ4n) is 6.24. The van der Waals surface area contributed by atoms with Crippen molar-refractivity contribution in [1.29, 1.82) is 0 Å². The summed E-state index contributed by atoms with van der Waals surface area (Å²) in [5.74, 6) is -0.576. The number of rotatable bonds is 4. The lowest BCUT2D eigenvalue weighted by atomic mass is 9.96. The van der Waals surface area contributed by atoms with Gasteiger partial charge in [-0.25, -0.2) is 24.1 Å². The number of carbonyl (C=O) groups excluding carboxylic acids is 2. The monoisotopic (exact) mass is 588 g/mol. The molecule has 0 radical (unpaired) electrons. The van der Waals surface area contributed by atoms with Gasteiger partial charge in [0.05, 0.1) is 23.2 Å². The maximum atomic E-state index is 16.6. The number of primary amides is 1. The van der Waals surface area contributed by atoms with E-state index >= 15 is 4.39 Å². The topological polar surface area (TPSA) is 115 Å². The first-order valence-corrected chi connectivity index (χ1v) is 15.2. The first-order valence-electron chi connectivity index (χ1n) is 14.0. The van der Waals surface area contributed by atoms with E-state index in [1.807, 2.05) is 57.0 Å². The molecular formula is C31H33FN6O3S. The molecule has 2 aliphatic rings. The Kier molecular flexibility index (Phi) is 6.95. The number of fused-ring (bicyclic) bond motifs is 4. The van der Waals surface area contributed by atoms with Crippen LogP contribution in [-0.4, -0.2) is 68.9 Å². The van der Waals surface area contributed by atoms with Crippen molar-refractivity contribution in [2.45, 2.75) is 63.4 Å². The van der Waals surface area contributed by atoms with Gasteiger partial charge in [0.25, 0.3) is 0 Å². The van der Waals surface area contributed by atoms with Crippen molar-refractivity contribution < 1.29 is 18.7 Å². The van der Waals surface area contributed by atoms with Gasteiger partial charge in [-0.15, -0.1) is 0 Å². The van der Waals surface area contributed by atoms with Gasteiger partial charge in [-0.2, -0.15) is 0 Å². The Morgan fingerprint density at radius 1 is 1.02 bits per heavy atom. The number of hydrogen-bond donors (Lipinski definition) is 1. The molecule has 0 aliphatic carbocycles. The van der Waals surface area contributed by atoms with Crippen LogP contribution in [0.4, 0.5) is 15.0 Å². The number of hydrogen-bond acceptors (Lipinski definition) is 8. The van der Waals surface area contributed by atoms with Gasteiger partial charge < -0.3 is 15.4 Å². The van der Waals surface area contributed by atoms with E-state index in [4.69, 9.17) is 20.4 Å². The molecule has 6 rings (SSSR count). The number of anilines is 1. The largest absolute Gasteiger partial charge is 0.444 e. The molecule has 2 saturated heterocycles. The Balaban J connectivity index is 1.47. The van der Waals surface area contributed by atoms with Gasteiger partial charge in [0.1, 0.15) is 22.6 Å².